The van der Waals surface area contributed by atoms with Crippen molar-refractivity contribution in [3.63, 3.8) is 0 Å². The average Bonchev–Trinajstić information content (AvgIpc) is 2.75. The fraction of sp³-hybridized carbons (Fsp3) is 0.231. The summed E-state index contributed by atoms with van der Waals surface area (Å²) in [6.45, 7) is 3.24. The maximum Gasteiger partial charge on any atom is 0.263 e. The number of benzene rings is 1. The summed E-state index contributed by atoms with van der Waals surface area (Å²) < 4.78 is 27.3. The van der Waals surface area contributed by atoms with Crippen LogP contribution in [-0.4, -0.2) is 13.5 Å². The number of sulfonamides is 1. The van der Waals surface area contributed by atoms with E-state index in [-0.39, 0.29) is 11.5 Å². The van der Waals surface area contributed by atoms with Crippen LogP contribution in [-0.2, 0) is 16.6 Å². The lowest BCUT2D eigenvalue weighted by Gasteiger charge is -2.10. The molecule has 1 heterocycles. The molecule has 0 bridgehead atoms. The zero-order valence-corrected chi connectivity index (χ0v) is 13.4. The quantitative estimate of drug-likeness (QED) is 0.903. The first-order chi connectivity index (χ1) is 9.35. The molecule has 7 heteroatoms. The monoisotopic (exact) mass is 331 g/mol. The SMILES string of the molecule is Cc1ccc(NS(=O)(=O)c2c(C)csc2CO)cc1Cl. The van der Waals surface area contributed by atoms with Crippen LogP contribution in [0.1, 0.15) is 16.0 Å². The molecular formula is C13H14ClNO3S2. The minimum Gasteiger partial charge on any atom is -0.391 e. The first-order valence-electron chi connectivity index (χ1n) is 5.82. The number of halogens is 1. The van der Waals surface area contributed by atoms with Gasteiger partial charge < -0.3 is 5.11 Å². The van der Waals surface area contributed by atoms with E-state index in [4.69, 9.17) is 11.6 Å². The lowest BCUT2D eigenvalue weighted by atomic mass is 10.2. The Morgan fingerprint density at radius 1 is 1.30 bits per heavy atom. The Morgan fingerprint density at radius 3 is 2.60 bits per heavy atom. The van der Waals surface area contributed by atoms with Crippen molar-refractivity contribution in [3.8, 4) is 0 Å². The Labute approximate surface area is 127 Å². The molecule has 0 unspecified atom stereocenters. The molecule has 0 amide bonds. The third-order valence-electron chi connectivity index (χ3n) is 2.83. The minimum absolute atomic E-state index is 0.140. The molecule has 1 aromatic heterocycles. The van der Waals surface area contributed by atoms with E-state index >= 15 is 0 Å². The highest BCUT2D eigenvalue weighted by atomic mass is 35.5. The highest BCUT2D eigenvalue weighted by molar-refractivity contribution is 7.93. The minimum atomic E-state index is -3.73. The number of aliphatic hydroxyl groups is 1. The van der Waals surface area contributed by atoms with Crippen molar-refractivity contribution in [2.75, 3.05) is 4.72 Å². The van der Waals surface area contributed by atoms with Gasteiger partial charge in [0.25, 0.3) is 10.0 Å². The topological polar surface area (TPSA) is 66.4 Å². The molecule has 1 aromatic carbocycles. The number of rotatable bonds is 4. The zero-order chi connectivity index (χ0) is 14.9. The molecule has 0 atom stereocenters. The third kappa shape index (κ3) is 2.98. The number of aliphatic hydroxyl groups excluding tert-OH is 1. The van der Waals surface area contributed by atoms with Gasteiger partial charge in [-0.05, 0) is 42.5 Å². The summed E-state index contributed by atoms with van der Waals surface area (Å²) >= 11 is 7.21. The van der Waals surface area contributed by atoms with Crippen LogP contribution in [0, 0.1) is 13.8 Å². The zero-order valence-electron chi connectivity index (χ0n) is 11.0. The van der Waals surface area contributed by atoms with Crippen molar-refractivity contribution < 1.29 is 13.5 Å². The number of nitrogens with one attached hydrogen (secondary N) is 1. The third-order valence-corrected chi connectivity index (χ3v) is 6.06. The van der Waals surface area contributed by atoms with Gasteiger partial charge in [-0.3, -0.25) is 4.72 Å². The van der Waals surface area contributed by atoms with E-state index in [2.05, 4.69) is 4.72 Å². The molecule has 2 rings (SSSR count). The molecule has 0 fully saturated rings. The summed E-state index contributed by atoms with van der Waals surface area (Å²) in [6.07, 6.45) is 0. The summed E-state index contributed by atoms with van der Waals surface area (Å²) in [7, 11) is -3.73. The molecule has 0 saturated heterocycles. The van der Waals surface area contributed by atoms with Crippen LogP contribution in [0.3, 0.4) is 0 Å². The highest BCUT2D eigenvalue weighted by Gasteiger charge is 2.22. The van der Waals surface area contributed by atoms with Crippen LogP contribution in [0.5, 0.6) is 0 Å². The lowest BCUT2D eigenvalue weighted by molar-refractivity contribution is 0.282. The van der Waals surface area contributed by atoms with Crippen molar-refractivity contribution >= 4 is 38.6 Å². The first kappa shape index (κ1) is 15.3. The molecule has 2 aromatic rings. The number of anilines is 1. The second kappa shape index (κ2) is 5.73. The summed E-state index contributed by atoms with van der Waals surface area (Å²) in [5.41, 5.74) is 1.89. The molecule has 4 nitrogen and oxygen atoms in total. The van der Waals surface area contributed by atoms with Gasteiger partial charge in [0.1, 0.15) is 4.90 Å². The second-order valence-corrected chi connectivity index (χ2v) is 7.39. The van der Waals surface area contributed by atoms with Crippen LogP contribution in [0.25, 0.3) is 0 Å². The number of hydrogen-bond acceptors (Lipinski definition) is 4. The predicted molar refractivity (Wildman–Crippen MR) is 82.0 cm³/mol. The van der Waals surface area contributed by atoms with Crippen molar-refractivity contribution in [2.45, 2.75) is 25.3 Å². The predicted octanol–water partition coefficient (Wildman–Crippen LogP) is 3.31. The van der Waals surface area contributed by atoms with Gasteiger partial charge in [-0.1, -0.05) is 17.7 Å². The van der Waals surface area contributed by atoms with E-state index in [0.29, 0.717) is 21.2 Å². The summed E-state index contributed by atoms with van der Waals surface area (Å²) in [5, 5.41) is 11.4. The van der Waals surface area contributed by atoms with E-state index in [1.807, 2.05) is 6.92 Å². The Bertz CT molecular complexity index is 738. The lowest BCUT2D eigenvalue weighted by Crippen LogP contribution is -2.15. The summed E-state index contributed by atoms with van der Waals surface area (Å²) in [4.78, 5) is 0.565. The average molecular weight is 332 g/mol. The van der Waals surface area contributed by atoms with Gasteiger partial charge in [0.05, 0.1) is 17.2 Å². The first-order valence-corrected chi connectivity index (χ1v) is 8.56. The maximum atomic E-state index is 12.4. The van der Waals surface area contributed by atoms with Crippen LogP contribution in [0.4, 0.5) is 5.69 Å². The van der Waals surface area contributed by atoms with Crippen LogP contribution < -0.4 is 4.72 Å². The largest absolute Gasteiger partial charge is 0.391 e. The Morgan fingerprint density at radius 2 is 2.00 bits per heavy atom. The van der Waals surface area contributed by atoms with Crippen molar-refractivity contribution in [1.82, 2.24) is 0 Å². The van der Waals surface area contributed by atoms with Gasteiger partial charge in [0.2, 0.25) is 0 Å². The summed E-state index contributed by atoms with van der Waals surface area (Å²) in [6, 6.07) is 4.96. The summed E-state index contributed by atoms with van der Waals surface area (Å²) in [5.74, 6) is 0. The number of hydrogen-bond donors (Lipinski definition) is 2. The fourth-order valence-corrected chi connectivity index (χ4v) is 4.71. The fourth-order valence-electron chi connectivity index (χ4n) is 1.82. The molecule has 0 aliphatic heterocycles. The molecule has 0 saturated carbocycles. The van der Waals surface area contributed by atoms with E-state index in [1.165, 1.54) is 11.3 Å². The molecule has 108 valence electrons. The molecular weight excluding hydrogens is 318 g/mol. The molecule has 0 radical (unpaired) electrons. The number of aryl methyl sites for hydroxylation is 2. The van der Waals surface area contributed by atoms with Gasteiger partial charge in [0, 0.05) is 5.02 Å². The van der Waals surface area contributed by atoms with Gasteiger partial charge >= 0.3 is 0 Å². The Balaban J connectivity index is 2.40. The van der Waals surface area contributed by atoms with E-state index < -0.39 is 10.0 Å². The van der Waals surface area contributed by atoms with Gasteiger partial charge in [-0.15, -0.1) is 11.3 Å². The second-order valence-electron chi connectivity index (χ2n) is 4.40. The molecule has 0 spiro atoms. The van der Waals surface area contributed by atoms with Crippen LogP contribution in [0.2, 0.25) is 5.02 Å². The van der Waals surface area contributed by atoms with Gasteiger partial charge in [0.15, 0.2) is 0 Å². The Kier molecular flexibility index (Phi) is 4.39. The molecule has 0 aliphatic rings. The van der Waals surface area contributed by atoms with Crippen LogP contribution in [0.15, 0.2) is 28.5 Å². The van der Waals surface area contributed by atoms with E-state index in [1.54, 1.807) is 30.5 Å². The normalized spacial score (nSPS) is 11.6. The molecule has 20 heavy (non-hydrogen) atoms. The molecule has 0 aliphatic carbocycles. The Hall–Kier alpha value is -1.08. The maximum absolute atomic E-state index is 12.4. The van der Waals surface area contributed by atoms with Crippen molar-refractivity contribution in [1.29, 1.82) is 0 Å². The number of thiophene rings is 1. The standard InChI is InChI=1S/C13H14ClNO3S2/c1-8-3-4-10(5-11(8)14)15-20(17,18)13-9(2)7-19-12(13)6-16/h3-5,7,15-16H,6H2,1-2H3. The van der Waals surface area contributed by atoms with Crippen LogP contribution >= 0.6 is 22.9 Å². The van der Waals surface area contributed by atoms with E-state index in [0.717, 1.165) is 5.56 Å². The van der Waals surface area contributed by atoms with Crippen molar-refractivity contribution in [2.24, 2.45) is 0 Å². The smallest absolute Gasteiger partial charge is 0.263 e. The molecule has 2 N–H and O–H groups in total. The van der Waals surface area contributed by atoms with Gasteiger partial charge in [-0.25, -0.2) is 8.42 Å². The van der Waals surface area contributed by atoms with Gasteiger partial charge in [-0.2, -0.15) is 0 Å². The van der Waals surface area contributed by atoms with Crippen molar-refractivity contribution in [3.05, 3.63) is 44.6 Å². The van der Waals surface area contributed by atoms with E-state index in [9.17, 15) is 13.5 Å². The highest BCUT2D eigenvalue weighted by Crippen LogP contribution is 2.29.